The lowest BCUT2D eigenvalue weighted by Crippen LogP contribution is -2.35. The monoisotopic (exact) mass is 398 g/mol. The van der Waals surface area contributed by atoms with Crippen molar-refractivity contribution >= 4 is 28.8 Å². The van der Waals surface area contributed by atoms with E-state index in [1.54, 1.807) is 7.05 Å². The van der Waals surface area contributed by atoms with Gasteiger partial charge in [0.25, 0.3) is 0 Å². The predicted molar refractivity (Wildman–Crippen MR) is 108 cm³/mol. The second-order valence-electron chi connectivity index (χ2n) is 6.55. The molecule has 1 aromatic carbocycles. The molecule has 0 radical (unpaired) electrons. The van der Waals surface area contributed by atoms with Crippen molar-refractivity contribution < 1.29 is 14.1 Å². The minimum absolute atomic E-state index is 0.0170. The topological polar surface area (TPSA) is 88.3 Å². The van der Waals surface area contributed by atoms with Gasteiger partial charge in [0.1, 0.15) is 0 Å². The van der Waals surface area contributed by atoms with Crippen LogP contribution in [-0.4, -0.2) is 40.4 Å². The molecule has 7 nitrogen and oxygen atoms in total. The Kier molecular flexibility index (Phi) is 6.20. The minimum Gasteiger partial charge on any atom is -0.339 e. The quantitative estimate of drug-likeness (QED) is 0.659. The number of benzene rings is 1. The van der Waals surface area contributed by atoms with Crippen LogP contribution in [-0.2, 0) is 16.0 Å². The molecule has 0 aliphatic heterocycles. The first-order chi connectivity index (χ1) is 13.4. The molecule has 3 rings (SSSR count). The number of likely N-dealkylation sites (N-methyl/N-ethyl adjacent to an activating group) is 1. The summed E-state index contributed by atoms with van der Waals surface area (Å²) in [7, 11) is 1.61. The first-order valence-corrected chi connectivity index (χ1v) is 9.78. The molecule has 28 heavy (non-hydrogen) atoms. The second-order valence-corrected chi connectivity index (χ2v) is 7.50. The molecule has 1 N–H and O–H groups in total. The molecule has 0 fully saturated rings. The first-order valence-electron chi connectivity index (χ1n) is 8.90. The van der Waals surface area contributed by atoms with E-state index in [4.69, 9.17) is 4.52 Å². The lowest BCUT2D eigenvalue weighted by Gasteiger charge is -2.18. The van der Waals surface area contributed by atoms with Crippen LogP contribution in [0.4, 0.5) is 5.69 Å². The zero-order chi connectivity index (χ0) is 20.1. The van der Waals surface area contributed by atoms with Crippen molar-refractivity contribution in [1.82, 2.24) is 15.0 Å². The van der Waals surface area contributed by atoms with Gasteiger partial charge in [0.05, 0.1) is 11.4 Å². The van der Waals surface area contributed by atoms with Crippen molar-refractivity contribution in [2.24, 2.45) is 0 Å². The van der Waals surface area contributed by atoms with Gasteiger partial charge in [-0.1, -0.05) is 29.4 Å². The predicted octanol–water partition coefficient (Wildman–Crippen LogP) is 3.44. The van der Waals surface area contributed by atoms with E-state index in [0.717, 1.165) is 21.7 Å². The van der Waals surface area contributed by atoms with Crippen LogP contribution in [0.5, 0.6) is 0 Å². The number of aromatic nitrogens is 2. The van der Waals surface area contributed by atoms with Crippen molar-refractivity contribution in [2.45, 2.75) is 26.7 Å². The summed E-state index contributed by atoms with van der Waals surface area (Å²) in [4.78, 5) is 31.3. The molecular formula is C20H22N4O3S. The van der Waals surface area contributed by atoms with E-state index in [1.165, 1.54) is 16.2 Å². The molecule has 0 aliphatic rings. The molecule has 3 aromatic rings. The molecule has 0 saturated carbocycles. The van der Waals surface area contributed by atoms with Crippen LogP contribution in [0.2, 0.25) is 0 Å². The molecule has 0 spiro atoms. The molecule has 146 valence electrons. The van der Waals surface area contributed by atoms with E-state index >= 15 is 0 Å². The Labute approximate surface area is 167 Å². The van der Waals surface area contributed by atoms with Crippen molar-refractivity contribution in [3.8, 4) is 10.7 Å². The molecule has 2 aromatic heterocycles. The number of amides is 2. The number of carbonyl (C=O) groups is 2. The molecule has 2 heterocycles. The zero-order valence-electron chi connectivity index (χ0n) is 16.1. The van der Waals surface area contributed by atoms with Crippen LogP contribution < -0.4 is 5.32 Å². The number of thiophene rings is 1. The molecule has 2 amide bonds. The number of rotatable bonds is 7. The number of aryl methyl sites for hydroxylation is 3. The van der Waals surface area contributed by atoms with Gasteiger partial charge in [-0.25, -0.2) is 0 Å². The Balaban J connectivity index is 1.50. The van der Waals surface area contributed by atoms with E-state index in [2.05, 4.69) is 15.5 Å². The highest BCUT2D eigenvalue weighted by atomic mass is 32.1. The number of hydrogen-bond donors (Lipinski definition) is 1. The van der Waals surface area contributed by atoms with Gasteiger partial charge < -0.3 is 14.7 Å². The number of nitrogens with zero attached hydrogens (tertiary/aromatic N) is 3. The molecule has 8 heteroatoms. The van der Waals surface area contributed by atoms with Gasteiger partial charge in [-0.15, -0.1) is 11.3 Å². The maximum atomic E-state index is 12.3. The fourth-order valence-corrected chi connectivity index (χ4v) is 3.41. The van der Waals surface area contributed by atoms with Gasteiger partial charge >= 0.3 is 0 Å². The maximum absolute atomic E-state index is 12.3. The van der Waals surface area contributed by atoms with Crippen molar-refractivity contribution in [2.75, 3.05) is 18.9 Å². The second kappa shape index (κ2) is 8.79. The Morgan fingerprint density at radius 2 is 1.93 bits per heavy atom. The molecule has 0 aliphatic carbocycles. The molecule has 0 atom stereocenters. The summed E-state index contributed by atoms with van der Waals surface area (Å²) < 4.78 is 5.20. The van der Waals surface area contributed by atoms with Crippen LogP contribution in [0.1, 0.15) is 23.4 Å². The standard InChI is InChI=1S/C20H22N4O3S/c1-13-6-4-7-14(2)19(13)21-16(25)12-24(3)18(26)10-9-17-22-20(23-27-17)15-8-5-11-28-15/h4-8,11H,9-10,12H2,1-3H3,(H,21,25). The highest BCUT2D eigenvalue weighted by molar-refractivity contribution is 7.13. The molecular weight excluding hydrogens is 376 g/mol. The SMILES string of the molecule is Cc1cccc(C)c1NC(=O)CN(C)C(=O)CCc1nc(-c2cccs2)no1. The molecule has 0 saturated heterocycles. The lowest BCUT2D eigenvalue weighted by atomic mass is 10.1. The maximum Gasteiger partial charge on any atom is 0.243 e. The minimum atomic E-state index is -0.231. The van der Waals surface area contributed by atoms with Crippen LogP contribution in [0.3, 0.4) is 0 Å². The van der Waals surface area contributed by atoms with Gasteiger partial charge in [-0.3, -0.25) is 9.59 Å². The molecule has 0 bridgehead atoms. The first kappa shape index (κ1) is 19.8. The summed E-state index contributed by atoms with van der Waals surface area (Å²) in [5.74, 6) is 0.544. The average Bonchev–Trinajstić information content (AvgIpc) is 3.34. The summed E-state index contributed by atoms with van der Waals surface area (Å²) >= 11 is 1.52. The van der Waals surface area contributed by atoms with E-state index in [1.807, 2.05) is 49.6 Å². The smallest absolute Gasteiger partial charge is 0.243 e. The van der Waals surface area contributed by atoms with Crippen LogP contribution in [0, 0.1) is 13.8 Å². The lowest BCUT2D eigenvalue weighted by molar-refractivity contribution is -0.133. The van der Waals surface area contributed by atoms with Gasteiger partial charge in [0, 0.05) is 25.6 Å². The Morgan fingerprint density at radius 3 is 2.61 bits per heavy atom. The summed E-state index contributed by atoms with van der Waals surface area (Å²) in [6.45, 7) is 3.86. The third-order valence-corrected chi connectivity index (χ3v) is 5.18. The summed E-state index contributed by atoms with van der Waals surface area (Å²) in [6.07, 6.45) is 0.527. The third-order valence-electron chi connectivity index (χ3n) is 4.31. The van der Waals surface area contributed by atoms with E-state index < -0.39 is 0 Å². The normalized spacial score (nSPS) is 10.7. The highest BCUT2D eigenvalue weighted by Gasteiger charge is 2.16. The van der Waals surface area contributed by atoms with Gasteiger partial charge in [0.15, 0.2) is 0 Å². The third kappa shape index (κ3) is 4.83. The van der Waals surface area contributed by atoms with Crippen molar-refractivity contribution in [3.63, 3.8) is 0 Å². The Morgan fingerprint density at radius 1 is 1.18 bits per heavy atom. The molecule has 0 unspecified atom stereocenters. The fraction of sp³-hybridized carbons (Fsp3) is 0.300. The van der Waals surface area contributed by atoms with Crippen molar-refractivity contribution in [1.29, 1.82) is 0 Å². The van der Waals surface area contributed by atoms with Gasteiger partial charge in [-0.2, -0.15) is 4.98 Å². The highest BCUT2D eigenvalue weighted by Crippen LogP contribution is 2.22. The van der Waals surface area contributed by atoms with Crippen LogP contribution in [0.25, 0.3) is 10.7 Å². The Bertz CT molecular complexity index is 946. The summed E-state index contributed by atoms with van der Waals surface area (Å²) in [6, 6.07) is 9.64. The number of carbonyl (C=O) groups excluding carboxylic acids is 2. The van der Waals surface area contributed by atoms with E-state index in [0.29, 0.717) is 18.1 Å². The average molecular weight is 398 g/mol. The van der Waals surface area contributed by atoms with Crippen LogP contribution >= 0.6 is 11.3 Å². The number of anilines is 1. The number of para-hydroxylation sites is 1. The van der Waals surface area contributed by atoms with E-state index in [-0.39, 0.29) is 24.8 Å². The van der Waals surface area contributed by atoms with Crippen LogP contribution in [0.15, 0.2) is 40.2 Å². The number of hydrogen-bond acceptors (Lipinski definition) is 6. The van der Waals surface area contributed by atoms with Gasteiger partial charge in [0.2, 0.25) is 23.5 Å². The fourth-order valence-electron chi connectivity index (χ4n) is 2.76. The Hall–Kier alpha value is -3.00. The summed E-state index contributed by atoms with van der Waals surface area (Å²) in [5, 5.41) is 8.75. The summed E-state index contributed by atoms with van der Waals surface area (Å²) in [5.41, 5.74) is 2.76. The largest absolute Gasteiger partial charge is 0.339 e. The van der Waals surface area contributed by atoms with Gasteiger partial charge in [-0.05, 0) is 36.4 Å². The zero-order valence-corrected chi connectivity index (χ0v) is 16.9. The van der Waals surface area contributed by atoms with Crippen molar-refractivity contribution in [3.05, 3.63) is 52.7 Å². The number of nitrogens with one attached hydrogen (secondary N) is 1. The van der Waals surface area contributed by atoms with E-state index in [9.17, 15) is 9.59 Å².